The van der Waals surface area contributed by atoms with Gasteiger partial charge in [0.2, 0.25) is 0 Å². The fourth-order valence-corrected chi connectivity index (χ4v) is 2.61. The molecule has 0 aliphatic heterocycles. The van der Waals surface area contributed by atoms with E-state index in [1.165, 1.54) is 0 Å². The van der Waals surface area contributed by atoms with E-state index in [0.717, 1.165) is 0 Å². The van der Waals surface area contributed by atoms with Crippen molar-refractivity contribution in [1.82, 2.24) is 0 Å². The highest BCUT2D eigenvalue weighted by molar-refractivity contribution is 7.86. The van der Waals surface area contributed by atoms with E-state index < -0.39 is 27.6 Å². The van der Waals surface area contributed by atoms with Gasteiger partial charge in [0.05, 0.1) is 10.8 Å². The van der Waals surface area contributed by atoms with Gasteiger partial charge in [-0.25, -0.2) is 0 Å². The Morgan fingerprint density at radius 1 is 1.39 bits per heavy atom. The summed E-state index contributed by atoms with van der Waals surface area (Å²) < 4.78 is 17.4. The summed E-state index contributed by atoms with van der Waals surface area (Å²) in [5.41, 5.74) is -0.579. The number of carbonyl (C=O) groups is 1. The van der Waals surface area contributed by atoms with Gasteiger partial charge in [0.15, 0.2) is 0 Å². The first-order valence-electron chi connectivity index (χ1n) is 5.60. The first-order chi connectivity index (χ1) is 8.20. The minimum Gasteiger partial charge on any atom is -0.459 e. The molecular weight excluding hydrogens is 272 g/mol. The third-order valence-corrected chi connectivity index (χ3v) is 3.88. The second-order valence-corrected chi connectivity index (χ2v) is 7.14. The quantitative estimate of drug-likeness (QED) is 0.802. The number of ether oxygens (including phenoxy) is 1. The van der Waals surface area contributed by atoms with E-state index in [4.69, 9.17) is 16.3 Å². The van der Waals surface area contributed by atoms with Crippen LogP contribution in [-0.2, 0) is 20.3 Å². The highest BCUT2D eigenvalue weighted by Gasteiger charge is 2.27. The van der Waals surface area contributed by atoms with Gasteiger partial charge in [-0.15, -0.1) is 0 Å². The molecule has 0 radical (unpaired) electrons. The van der Waals surface area contributed by atoms with Gasteiger partial charge >= 0.3 is 5.97 Å². The minimum absolute atomic E-state index is 0.471. The Bertz CT molecular complexity index is 466. The zero-order valence-corrected chi connectivity index (χ0v) is 12.5. The van der Waals surface area contributed by atoms with Gasteiger partial charge < -0.3 is 4.74 Å². The van der Waals surface area contributed by atoms with Gasteiger partial charge in [-0.05, 0) is 45.9 Å². The molecule has 0 aliphatic rings. The highest BCUT2D eigenvalue weighted by Crippen LogP contribution is 2.18. The molecule has 0 spiro atoms. The van der Waals surface area contributed by atoms with Crippen LogP contribution in [-0.4, -0.2) is 21.0 Å². The fourth-order valence-electron chi connectivity index (χ4n) is 1.27. The van der Waals surface area contributed by atoms with Crippen molar-refractivity contribution in [2.24, 2.45) is 0 Å². The molecule has 2 unspecified atom stereocenters. The predicted octanol–water partition coefficient (Wildman–Crippen LogP) is 3.18. The summed E-state index contributed by atoms with van der Waals surface area (Å²) in [5, 5.41) is -0.222. The Kier molecular flexibility index (Phi) is 4.93. The number of rotatable bonds is 3. The van der Waals surface area contributed by atoms with Gasteiger partial charge in [-0.2, -0.15) is 0 Å². The average molecular weight is 289 g/mol. The van der Waals surface area contributed by atoms with Crippen molar-refractivity contribution in [1.29, 1.82) is 0 Å². The van der Waals surface area contributed by atoms with Gasteiger partial charge in [-0.3, -0.25) is 9.00 Å². The summed E-state index contributed by atoms with van der Waals surface area (Å²) >= 11 is 5.83. The highest BCUT2D eigenvalue weighted by atomic mass is 35.5. The van der Waals surface area contributed by atoms with Gasteiger partial charge in [0.1, 0.15) is 10.9 Å². The number of hydrogen-bond acceptors (Lipinski definition) is 3. The molecule has 0 aliphatic carbocycles. The minimum atomic E-state index is -1.46. The first kappa shape index (κ1) is 15.2. The lowest BCUT2D eigenvalue weighted by Gasteiger charge is -2.22. The Hall–Kier alpha value is -0.870. The molecule has 0 fully saturated rings. The van der Waals surface area contributed by atoms with Crippen LogP contribution in [0.5, 0.6) is 0 Å². The van der Waals surface area contributed by atoms with E-state index >= 15 is 0 Å². The lowest BCUT2D eigenvalue weighted by Crippen LogP contribution is -2.32. The van der Waals surface area contributed by atoms with Crippen LogP contribution in [0.2, 0.25) is 5.02 Å². The van der Waals surface area contributed by atoms with Crippen LogP contribution < -0.4 is 0 Å². The Labute approximate surface area is 115 Å². The third-order valence-electron chi connectivity index (χ3n) is 2.09. The molecule has 0 aromatic heterocycles. The number of esters is 1. The van der Waals surface area contributed by atoms with Crippen molar-refractivity contribution in [3.05, 3.63) is 29.3 Å². The maximum atomic E-state index is 12.2. The van der Waals surface area contributed by atoms with Crippen LogP contribution in [0.3, 0.4) is 0 Å². The Morgan fingerprint density at radius 2 is 2.00 bits per heavy atom. The Morgan fingerprint density at radius 3 is 2.50 bits per heavy atom. The summed E-state index contributed by atoms with van der Waals surface area (Å²) in [5.74, 6) is -0.471. The number of benzene rings is 1. The van der Waals surface area contributed by atoms with Crippen molar-refractivity contribution in [3.8, 4) is 0 Å². The van der Waals surface area contributed by atoms with Crippen LogP contribution in [0.1, 0.15) is 27.7 Å². The van der Waals surface area contributed by atoms with Crippen LogP contribution in [0.4, 0.5) is 0 Å². The summed E-state index contributed by atoms with van der Waals surface area (Å²) in [4.78, 5) is 12.3. The van der Waals surface area contributed by atoms with Crippen LogP contribution in [0, 0.1) is 0 Å². The molecule has 0 saturated heterocycles. The van der Waals surface area contributed by atoms with E-state index in [9.17, 15) is 9.00 Å². The van der Waals surface area contributed by atoms with Crippen molar-refractivity contribution in [3.63, 3.8) is 0 Å². The zero-order chi connectivity index (χ0) is 13.9. The van der Waals surface area contributed by atoms with Gasteiger partial charge in [0, 0.05) is 9.92 Å². The van der Waals surface area contributed by atoms with Gasteiger partial charge in [-0.1, -0.05) is 17.7 Å². The van der Waals surface area contributed by atoms with Crippen LogP contribution in [0.15, 0.2) is 29.2 Å². The molecule has 0 amide bonds. The largest absolute Gasteiger partial charge is 0.459 e. The van der Waals surface area contributed by atoms with Crippen molar-refractivity contribution < 1.29 is 13.7 Å². The lowest BCUT2D eigenvalue weighted by molar-refractivity contribution is -0.153. The third kappa shape index (κ3) is 4.42. The van der Waals surface area contributed by atoms with Crippen molar-refractivity contribution >= 4 is 28.4 Å². The molecule has 2 atom stereocenters. The van der Waals surface area contributed by atoms with E-state index in [2.05, 4.69) is 0 Å². The van der Waals surface area contributed by atoms with Crippen LogP contribution in [0.25, 0.3) is 0 Å². The molecule has 0 heterocycles. The molecule has 0 N–H and O–H groups in total. The molecule has 3 nitrogen and oxygen atoms in total. The molecule has 0 bridgehead atoms. The number of hydrogen-bond donors (Lipinski definition) is 0. The monoisotopic (exact) mass is 288 g/mol. The Balaban J connectivity index is 2.81. The zero-order valence-electron chi connectivity index (χ0n) is 10.9. The summed E-state index contributed by atoms with van der Waals surface area (Å²) in [6.45, 7) is 6.92. The molecule has 18 heavy (non-hydrogen) atoms. The summed E-state index contributed by atoms with van der Waals surface area (Å²) in [6.07, 6.45) is 0. The molecule has 1 aromatic rings. The first-order valence-corrected chi connectivity index (χ1v) is 7.19. The molecule has 1 aromatic carbocycles. The molecule has 100 valence electrons. The second-order valence-electron chi connectivity index (χ2n) is 4.93. The van der Waals surface area contributed by atoms with E-state index in [1.807, 2.05) is 0 Å². The molecule has 1 rings (SSSR count). The molecular formula is C13H17ClO3S. The average Bonchev–Trinajstić information content (AvgIpc) is 2.24. The predicted molar refractivity (Wildman–Crippen MR) is 73.2 cm³/mol. The summed E-state index contributed by atoms with van der Waals surface area (Å²) in [7, 11) is -1.46. The standard InChI is InChI=1S/C13H17ClO3S/c1-9(12(15)17-13(2,3)4)18(16)11-7-5-6-10(14)8-11/h5-9H,1-4H3. The topological polar surface area (TPSA) is 43.4 Å². The summed E-state index contributed by atoms with van der Waals surface area (Å²) in [6, 6.07) is 6.68. The molecule has 5 heteroatoms. The van der Waals surface area contributed by atoms with E-state index in [-0.39, 0.29) is 0 Å². The SMILES string of the molecule is CC(C(=O)OC(C)(C)C)S(=O)c1cccc(Cl)c1. The lowest BCUT2D eigenvalue weighted by atomic mass is 10.2. The molecule has 0 saturated carbocycles. The van der Waals surface area contributed by atoms with Gasteiger partial charge in [0.25, 0.3) is 0 Å². The van der Waals surface area contributed by atoms with Crippen molar-refractivity contribution in [2.75, 3.05) is 0 Å². The smallest absolute Gasteiger partial charge is 0.322 e. The van der Waals surface area contributed by atoms with Crippen LogP contribution >= 0.6 is 11.6 Å². The number of carbonyl (C=O) groups excluding carboxylic acids is 1. The second kappa shape index (κ2) is 5.85. The van der Waals surface area contributed by atoms with Crippen molar-refractivity contribution in [2.45, 2.75) is 43.4 Å². The van der Waals surface area contributed by atoms with E-state index in [0.29, 0.717) is 9.92 Å². The number of halogens is 1. The maximum Gasteiger partial charge on any atom is 0.322 e. The fraction of sp³-hybridized carbons (Fsp3) is 0.462. The van der Waals surface area contributed by atoms with E-state index in [1.54, 1.807) is 52.0 Å². The normalized spacial score (nSPS) is 14.9. The maximum absolute atomic E-state index is 12.2.